The van der Waals surface area contributed by atoms with Crippen LogP contribution < -0.4 is 15.4 Å². The summed E-state index contributed by atoms with van der Waals surface area (Å²) in [4.78, 5) is 26.0. The second kappa shape index (κ2) is 11.8. The number of rotatable bonds is 9. The van der Waals surface area contributed by atoms with Crippen molar-refractivity contribution in [2.24, 2.45) is 0 Å². The molecule has 0 bridgehead atoms. The summed E-state index contributed by atoms with van der Waals surface area (Å²) in [5.41, 5.74) is -0.117. The number of carbonyl (C=O) groups is 1. The normalized spacial score (nSPS) is 12.8. The fourth-order valence-corrected chi connectivity index (χ4v) is 3.76. The molecule has 19 heteroatoms. The average molecular weight is 605 g/mol. The quantitative estimate of drug-likeness (QED) is 0.266. The summed E-state index contributed by atoms with van der Waals surface area (Å²) in [7, 11) is -4.43. The highest BCUT2D eigenvalue weighted by molar-refractivity contribution is 7.89. The van der Waals surface area contributed by atoms with Gasteiger partial charge in [-0.15, -0.1) is 0 Å². The zero-order valence-corrected chi connectivity index (χ0v) is 21.5. The molecule has 2 N–H and O–H groups in total. The Labute approximate surface area is 227 Å². The van der Waals surface area contributed by atoms with Gasteiger partial charge in [-0.25, -0.2) is 28.2 Å². The van der Waals surface area contributed by atoms with Crippen molar-refractivity contribution in [2.45, 2.75) is 30.3 Å². The molecule has 218 valence electrons. The van der Waals surface area contributed by atoms with Gasteiger partial charge in [-0.3, -0.25) is 0 Å². The smallest absolute Gasteiger partial charge is 0.479 e. The molecule has 41 heavy (non-hydrogen) atoms. The number of sulfonamides is 1. The summed E-state index contributed by atoms with van der Waals surface area (Å²) in [6, 6.07) is 8.38. The first-order valence-electron chi connectivity index (χ1n) is 10.9. The summed E-state index contributed by atoms with van der Waals surface area (Å²) >= 11 is 0. The van der Waals surface area contributed by atoms with Gasteiger partial charge in [0.2, 0.25) is 0 Å². The molecule has 2 heterocycles. The molecule has 2 aromatic heterocycles. The minimum absolute atomic E-state index is 0.0907. The largest absolute Gasteiger partial charge is 0.492 e. The van der Waals surface area contributed by atoms with Crippen molar-refractivity contribution in [2.75, 3.05) is 17.7 Å². The van der Waals surface area contributed by atoms with Gasteiger partial charge in [0.05, 0.1) is 16.1 Å². The van der Waals surface area contributed by atoms with Crippen LogP contribution >= 0.6 is 0 Å². The number of hydrogen-bond acceptors (Lipinski definition) is 11. The Morgan fingerprint density at radius 1 is 1.00 bits per heavy atom. The van der Waals surface area contributed by atoms with E-state index < -0.39 is 50.8 Å². The third-order valence-corrected chi connectivity index (χ3v) is 6.47. The van der Waals surface area contributed by atoms with E-state index in [1.807, 2.05) is 6.07 Å². The molecule has 3 aromatic rings. The zero-order valence-electron chi connectivity index (χ0n) is 20.6. The lowest BCUT2D eigenvalue weighted by molar-refractivity contribution is -0.219. The van der Waals surface area contributed by atoms with E-state index in [1.165, 1.54) is 24.4 Å². The molecule has 0 fully saturated rings. The molecule has 12 nitrogen and oxygen atoms in total. The topological polar surface area (TPSA) is 159 Å². The Bertz CT molecular complexity index is 1560. The maximum absolute atomic E-state index is 13.2. The van der Waals surface area contributed by atoms with Gasteiger partial charge in [0.1, 0.15) is 35.6 Å². The lowest BCUT2D eigenvalue weighted by Crippen LogP contribution is -2.36. The number of nitrogens with one attached hydrogen (secondary N) is 2. The highest BCUT2D eigenvalue weighted by Crippen LogP contribution is 2.35. The highest BCUT2D eigenvalue weighted by atomic mass is 32.2. The number of nitrogens with zero attached hydrogens (tertiary/aromatic N) is 5. The van der Waals surface area contributed by atoms with Gasteiger partial charge in [0, 0.05) is 19.3 Å². The monoisotopic (exact) mass is 605 g/mol. The molecule has 0 radical (unpaired) electrons. The fraction of sp³-hybridized carbons (Fsp3) is 0.227. The number of hydroxylamine groups is 1. The minimum atomic E-state index is -5.51. The molecule has 1 unspecified atom stereocenters. The first-order valence-corrected chi connectivity index (χ1v) is 12.3. The van der Waals surface area contributed by atoms with Gasteiger partial charge < -0.3 is 20.2 Å². The Kier molecular flexibility index (Phi) is 8.88. The van der Waals surface area contributed by atoms with Crippen LogP contribution in [0.2, 0.25) is 0 Å². The first-order chi connectivity index (χ1) is 19.0. The molecule has 0 saturated heterocycles. The van der Waals surface area contributed by atoms with Crippen molar-refractivity contribution in [3.8, 4) is 11.8 Å². The number of halogens is 6. The van der Waals surface area contributed by atoms with Gasteiger partial charge >= 0.3 is 18.3 Å². The molecule has 1 aromatic carbocycles. The van der Waals surface area contributed by atoms with E-state index in [0.29, 0.717) is 14.0 Å². The lowest BCUT2D eigenvalue weighted by atomic mass is 10.2. The Hall–Kier alpha value is -4.70. The number of alkyl halides is 6. The minimum Gasteiger partial charge on any atom is -0.479 e. The molecule has 0 aliphatic heterocycles. The van der Waals surface area contributed by atoms with Crippen molar-refractivity contribution >= 4 is 39.1 Å². The molecule has 0 amide bonds. The Morgan fingerprint density at radius 2 is 1.66 bits per heavy atom. The maximum Gasteiger partial charge on any atom is 0.492 e. The molecule has 0 aliphatic rings. The van der Waals surface area contributed by atoms with E-state index in [2.05, 4.69) is 30.4 Å². The molecule has 1 atom stereocenters. The van der Waals surface area contributed by atoms with Crippen LogP contribution in [0.25, 0.3) is 0 Å². The number of hydrogen-bond donors (Lipinski definition) is 2. The van der Waals surface area contributed by atoms with Crippen LogP contribution in [0, 0.1) is 11.3 Å². The third kappa shape index (κ3) is 7.92. The predicted octanol–water partition coefficient (Wildman–Crippen LogP) is 4.20. The molecule has 0 saturated carbocycles. The van der Waals surface area contributed by atoms with Crippen LogP contribution in [0.3, 0.4) is 0 Å². The fourth-order valence-electron chi connectivity index (χ4n) is 2.79. The van der Waals surface area contributed by atoms with E-state index in [-0.39, 0.29) is 27.5 Å². The van der Waals surface area contributed by atoms with E-state index in [9.17, 15) is 39.6 Å². The van der Waals surface area contributed by atoms with Gasteiger partial charge in [-0.2, -0.15) is 31.6 Å². The molecule has 0 aliphatic carbocycles. The molecular formula is C22H17F6N7O5S. The lowest BCUT2D eigenvalue weighted by Gasteiger charge is -2.22. The highest BCUT2D eigenvalue weighted by Gasteiger charge is 2.44. The number of pyridine rings is 1. The molecule has 0 spiro atoms. The number of carbonyl (C=O) groups excluding carboxylic acids is 1. The third-order valence-electron chi connectivity index (χ3n) is 4.87. The summed E-state index contributed by atoms with van der Waals surface area (Å²) in [5.74, 6) is -3.04. The van der Waals surface area contributed by atoms with Crippen LogP contribution in [0.1, 0.15) is 12.5 Å². The van der Waals surface area contributed by atoms with Gasteiger partial charge in [-0.1, -0.05) is 0 Å². The number of ether oxygens (including phenoxy) is 1. The first kappa shape index (κ1) is 30.8. The summed E-state index contributed by atoms with van der Waals surface area (Å²) < 4.78 is 107. The van der Waals surface area contributed by atoms with E-state index >= 15 is 0 Å². The van der Waals surface area contributed by atoms with Crippen LogP contribution in [0.15, 0.2) is 53.8 Å². The summed E-state index contributed by atoms with van der Waals surface area (Å²) in [6.07, 6.45) is -10.4. The predicted molar refractivity (Wildman–Crippen MR) is 127 cm³/mol. The molecular weight excluding hydrogens is 588 g/mol. The number of nitriles is 1. The second-order valence-corrected chi connectivity index (χ2v) is 9.77. The van der Waals surface area contributed by atoms with Crippen LogP contribution in [-0.4, -0.2) is 59.3 Å². The van der Waals surface area contributed by atoms with Crippen molar-refractivity contribution in [3.63, 3.8) is 0 Å². The number of benzene rings is 1. The van der Waals surface area contributed by atoms with Crippen molar-refractivity contribution in [1.82, 2.24) is 19.4 Å². The van der Waals surface area contributed by atoms with E-state index in [0.717, 1.165) is 24.5 Å². The van der Waals surface area contributed by atoms with Crippen LogP contribution in [0.5, 0.6) is 5.75 Å². The maximum atomic E-state index is 13.2. The van der Waals surface area contributed by atoms with Crippen molar-refractivity contribution in [3.05, 3.63) is 54.5 Å². The average Bonchev–Trinajstić information content (AvgIpc) is 2.89. The van der Waals surface area contributed by atoms with Crippen LogP contribution in [-0.2, 0) is 19.7 Å². The van der Waals surface area contributed by atoms with Gasteiger partial charge in [0.15, 0.2) is 6.10 Å². The van der Waals surface area contributed by atoms with Gasteiger partial charge in [0.25, 0.3) is 10.0 Å². The molecule has 3 rings (SSSR count). The SMILES string of the molecule is CC(Oc1ccc(S(=O)(=O)N(C)OC(=O)C(F)(F)F)cc1Nc1cc(Nc2ccc(C#N)cn2)ncn1)C(F)(F)F. The van der Waals surface area contributed by atoms with Crippen LogP contribution in [0.4, 0.5) is 49.5 Å². The number of anilines is 4. The Balaban J connectivity index is 1.96. The van der Waals surface area contributed by atoms with Crippen molar-refractivity contribution in [1.29, 1.82) is 5.26 Å². The van der Waals surface area contributed by atoms with E-state index in [4.69, 9.17) is 10.00 Å². The standard InChI is InChI=1S/C22H17F6N7O5S/c1-12(21(23,24)25)39-16-5-4-14(41(37,38)35(2)40-20(36)22(26,27)28)7-15(16)33-18-8-19(32-11-31-18)34-17-6-3-13(9-29)10-30-17/h3-8,10-12H,1-2H3,(H2,30,31,32,33,34). The van der Waals surface area contributed by atoms with Crippen molar-refractivity contribution < 1.29 is 49.1 Å². The zero-order chi connectivity index (χ0) is 30.6. The summed E-state index contributed by atoms with van der Waals surface area (Å²) in [6.45, 7) is 0.691. The van der Waals surface area contributed by atoms with Gasteiger partial charge in [-0.05, 0) is 41.7 Å². The summed E-state index contributed by atoms with van der Waals surface area (Å²) in [5, 5.41) is 14.2. The second-order valence-electron chi connectivity index (χ2n) is 7.83. The Morgan fingerprint density at radius 3 is 2.22 bits per heavy atom. The van der Waals surface area contributed by atoms with E-state index in [1.54, 1.807) is 0 Å². The number of aromatic nitrogens is 3.